The maximum atomic E-state index is 5.91. The van der Waals surface area contributed by atoms with Crippen LogP contribution in [0.15, 0.2) is 36.9 Å². The summed E-state index contributed by atoms with van der Waals surface area (Å²) in [7, 11) is 0. The zero-order chi connectivity index (χ0) is 13.8. The van der Waals surface area contributed by atoms with Crippen LogP contribution in [0.1, 0.15) is 24.3 Å². The molecule has 0 unspecified atom stereocenters. The van der Waals surface area contributed by atoms with Crippen LogP contribution in [0.25, 0.3) is 10.1 Å². The molecule has 0 bridgehead atoms. The third kappa shape index (κ3) is 3.06. The van der Waals surface area contributed by atoms with Gasteiger partial charge in [0.25, 0.3) is 0 Å². The van der Waals surface area contributed by atoms with Gasteiger partial charge in [-0.25, -0.2) is 0 Å². The van der Waals surface area contributed by atoms with Crippen LogP contribution in [-0.2, 0) is 13.1 Å². The van der Waals surface area contributed by atoms with Crippen LogP contribution in [0, 0.1) is 0 Å². The Kier molecular flexibility index (Phi) is 4.75. The van der Waals surface area contributed by atoms with Crippen molar-refractivity contribution in [1.29, 1.82) is 0 Å². The molecule has 1 heterocycles. The highest BCUT2D eigenvalue weighted by Gasteiger charge is 2.15. The number of hydrogen-bond acceptors (Lipinski definition) is 3. The van der Waals surface area contributed by atoms with Gasteiger partial charge in [-0.05, 0) is 30.9 Å². The lowest BCUT2D eigenvalue weighted by molar-refractivity contribution is 0.238. The van der Waals surface area contributed by atoms with E-state index in [0.29, 0.717) is 12.6 Å². The number of thiophene rings is 1. The molecule has 3 heteroatoms. The number of nitrogens with two attached hydrogens (primary N) is 1. The first-order chi connectivity index (χ1) is 9.17. The molecule has 0 saturated carbocycles. The second-order valence-corrected chi connectivity index (χ2v) is 6.15. The van der Waals surface area contributed by atoms with Crippen LogP contribution in [0.5, 0.6) is 0 Å². The van der Waals surface area contributed by atoms with Gasteiger partial charge in [0.1, 0.15) is 0 Å². The average molecular weight is 274 g/mol. The summed E-state index contributed by atoms with van der Waals surface area (Å²) in [5.41, 5.74) is 7.30. The Hall–Kier alpha value is -1.16. The van der Waals surface area contributed by atoms with E-state index in [2.05, 4.69) is 49.6 Å². The van der Waals surface area contributed by atoms with Crippen LogP contribution < -0.4 is 5.73 Å². The van der Waals surface area contributed by atoms with E-state index < -0.39 is 0 Å². The van der Waals surface area contributed by atoms with E-state index in [9.17, 15) is 0 Å². The molecule has 0 saturated heterocycles. The fourth-order valence-corrected chi connectivity index (χ4v) is 3.41. The summed E-state index contributed by atoms with van der Waals surface area (Å²) in [4.78, 5) is 3.72. The number of nitrogens with zero attached hydrogens (tertiary/aromatic N) is 1. The van der Waals surface area contributed by atoms with E-state index in [-0.39, 0.29) is 0 Å². The first-order valence-electron chi connectivity index (χ1n) is 6.71. The van der Waals surface area contributed by atoms with Gasteiger partial charge in [-0.2, -0.15) is 0 Å². The molecule has 2 aromatic rings. The zero-order valence-corrected chi connectivity index (χ0v) is 12.5. The third-order valence-corrected chi connectivity index (χ3v) is 4.66. The highest BCUT2D eigenvalue weighted by molar-refractivity contribution is 7.19. The second-order valence-electron chi connectivity index (χ2n) is 5.02. The molecule has 0 aliphatic rings. The molecule has 1 aromatic heterocycles. The van der Waals surface area contributed by atoms with E-state index in [1.54, 1.807) is 0 Å². The van der Waals surface area contributed by atoms with E-state index >= 15 is 0 Å². The predicted molar refractivity (Wildman–Crippen MR) is 85.5 cm³/mol. The van der Waals surface area contributed by atoms with Gasteiger partial charge in [0, 0.05) is 35.3 Å². The van der Waals surface area contributed by atoms with Crippen LogP contribution >= 0.6 is 11.3 Å². The number of rotatable bonds is 6. The van der Waals surface area contributed by atoms with Gasteiger partial charge in [-0.1, -0.05) is 24.3 Å². The van der Waals surface area contributed by atoms with Crippen LogP contribution in [0.4, 0.5) is 0 Å². The fourth-order valence-electron chi connectivity index (χ4n) is 2.31. The van der Waals surface area contributed by atoms with Crippen molar-refractivity contribution in [3.05, 3.63) is 47.4 Å². The molecule has 0 radical (unpaired) electrons. The van der Waals surface area contributed by atoms with Crippen LogP contribution in [0.2, 0.25) is 0 Å². The summed E-state index contributed by atoms with van der Waals surface area (Å²) in [5.74, 6) is 0. The summed E-state index contributed by atoms with van der Waals surface area (Å²) < 4.78 is 1.33. The second kappa shape index (κ2) is 6.33. The summed E-state index contributed by atoms with van der Waals surface area (Å²) in [6.07, 6.45) is 1.97. The quantitative estimate of drug-likeness (QED) is 0.813. The fraction of sp³-hybridized carbons (Fsp3) is 0.375. The highest BCUT2D eigenvalue weighted by Crippen LogP contribution is 2.32. The molecule has 102 valence electrons. The number of fused-ring (bicyclic) bond motifs is 1. The minimum atomic E-state index is 0.502. The molecule has 0 fully saturated rings. The van der Waals surface area contributed by atoms with Gasteiger partial charge in [0.2, 0.25) is 0 Å². The summed E-state index contributed by atoms with van der Waals surface area (Å²) in [5, 5.41) is 1.35. The molecule has 0 atom stereocenters. The van der Waals surface area contributed by atoms with Crippen molar-refractivity contribution >= 4 is 21.4 Å². The first-order valence-corrected chi connectivity index (χ1v) is 7.53. The molecule has 0 aliphatic carbocycles. The summed E-state index contributed by atoms with van der Waals surface area (Å²) in [6, 6.07) is 9.07. The molecule has 1 aromatic carbocycles. The molecule has 0 aliphatic heterocycles. The SMILES string of the molecule is C=CCN(Cc1c(CN)sc2ccccc12)C(C)C. The van der Waals surface area contributed by atoms with Gasteiger partial charge >= 0.3 is 0 Å². The van der Waals surface area contributed by atoms with Crippen molar-refractivity contribution in [3.63, 3.8) is 0 Å². The number of benzene rings is 1. The van der Waals surface area contributed by atoms with Gasteiger partial charge in [0.15, 0.2) is 0 Å². The van der Waals surface area contributed by atoms with E-state index in [1.807, 2.05) is 17.4 Å². The van der Waals surface area contributed by atoms with Gasteiger partial charge in [-0.3, -0.25) is 4.90 Å². The minimum Gasteiger partial charge on any atom is -0.326 e. The monoisotopic (exact) mass is 274 g/mol. The smallest absolute Gasteiger partial charge is 0.0349 e. The zero-order valence-electron chi connectivity index (χ0n) is 11.7. The molecular formula is C16H22N2S. The standard InChI is InChI=1S/C16H22N2S/c1-4-9-18(12(2)3)11-14-13-7-5-6-8-15(13)19-16(14)10-17/h4-8,12H,1,9-11,17H2,2-3H3. The van der Waals surface area contributed by atoms with E-state index in [1.165, 1.54) is 20.5 Å². The Bertz CT molecular complexity index is 557. The van der Waals surface area contributed by atoms with Crippen molar-refractivity contribution in [3.8, 4) is 0 Å². The summed E-state index contributed by atoms with van der Waals surface area (Å²) >= 11 is 1.82. The van der Waals surface area contributed by atoms with Gasteiger partial charge < -0.3 is 5.73 Å². The maximum Gasteiger partial charge on any atom is 0.0349 e. The van der Waals surface area contributed by atoms with Crippen molar-refractivity contribution in [2.24, 2.45) is 5.73 Å². The van der Waals surface area contributed by atoms with E-state index in [4.69, 9.17) is 5.73 Å². The predicted octanol–water partition coefficient (Wildman–Crippen LogP) is 3.76. The van der Waals surface area contributed by atoms with Crippen molar-refractivity contribution in [2.75, 3.05) is 6.54 Å². The highest BCUT2D eigenvalue weighted by atomic mass is 32.1. The molecule has 0 amide bonds. The normalized spacial score (nSPS) is 11.6. The number of hydrogen-bond donors (Lipinski definition) is 1. The third-order valence-electron chi connectivity index (χ3n) is 3.42. The van der Waals surface area contributed by atoms with Crippen molar-refractivity contribution < 1.29 is 0 Å². The Morgan fingerprint density at radius 2 is 2.11 bits per heavy atom. The lowest BCUT2D eigenvalue weighted by atomic mass is 10.1. The minimum absolute atomic E-state index is 0.502. The molecule has 19 heavy (non-hydrogen) atoms. The van der Waals surface area contributed by atoms with Crippen molar-refractivity contribution in [2.45, 2.75) is 33.0 Å². The molecule has 2 N–H and O–H groups in total. The first kappa shape index (κ1) is 14.3. The molecular weight excluding hydrogens is 252 g/mol. The Morgan fingerprint density at radius 3 is 2.74 bits per heavy atom. The van der Waals surface area contributed by atoms with Crippen molar-refractivity contribution in [1.82, 2.24) is 4.90 Å². The molecule has 2 nitrogen and oxygen atoms in total. The van der Waals surface area contributed by atoms with Crippen LogP contribution in [0.3, 0.4) is 0 Å². The lowest BCUT2D eigenvalue weighted by Gasteiger charge is -2.25. The Labute approximate surface area is 119 Å². The Morgan fingerprint density at radius 1 is 1.37 bits per heavy atom. The van der Waals surface area contributed by atoms with Crippen LogP contribution in [-0.4, -0.2) is 17.5 Å². The topological polar surface area (TPSA) is 29.3 Å². The van der Waals surface area contributed by atoms with Gasteiger partial charge in [0.05, 0.1) is 0 Å². The maximum absolute atomic E-state index is 5.91. The summed E-state index contributed by atoms with van der Waals surface area (Å²) in [6.45, 7) is 10.8. The molecule has 2 rings (SSSR count). The lowest BCUT2D eigenvalue weighted by Crippen LogP contribution is -2.30. The molecule has 0 spiro atoms. The largest absolute Gasteiger partial charge is 0.326 e. The van der Waals surface area contributed by atoms with E-state index in [0.717, 1.165) is 13.1 Å². The van der Waals surface area contributed by atoms with Gasteiger partial charge in [-0.15, -0.1) is 17.9 Å². The average Bonchev–Trinajstić information content (AvgIpc) is 2.76. The Balaban J connectivity index is 2.39.